The van der Waals surface area contributed by atoms with Crippen LogP contribution in [0.1, 0.15) is 16.1 Å². The van der Waals surface area contributed by atoms with E-state index in [9.17, 15) is 14.4 Å². The molecule has 0 atom stereocenters. The fourth-order valence-electron chi connectivity index (χ4n) is 2.24. The highest BCUT2D eigenvalue weighted by atomic mass is 16.5. The number of rotatable bonds is 5. The van der Waals surface area contributed by atoms with Crippen molar-refractivity contribution in [2.45, 2.75) is 6.61 Å². The number of carbonyl (C=O) groups is 2. The average Bonchev–Trinajstić information content (AvgIpc) is 2.65. The Kier molecular flexibility index (Phi) is 4.89. The lowest BCUT2D eigenvalue weighted by Crippen LogP contribution is -2.31. The molecule has 0 radical (unpaired) electrons. The Morgan fingerprint density at radius 3 is 2.52 bits per heavy atom. The van der Waals surface area contributed by atoms with Crippen molar-refractivity contribution in [2.24, 2.45) is 0 Å². The maximum Gasteiger partial charge on any atom is 0.325 e. The van der Waals surface area contributed by atoms with Gasteiger partial charge < -0.3 is 14.5 Å². The second-order valence-electron chi connectivity index (χ2n) is 5.30. The van der Waals surface area contributed by atoms with E-state index in [1.807, 2.05) is 30.3 Å². The lowest BCUT2D eigenvalue weighted by atomic mass is 10.2. The Hall–Kier alpha value is -3.41. The van der Waals surface area contributed by atoms with Gasteiger partial charge in [0.05, 0.1) is 5.39 Å². The van der Waals surface area contributed by atoms with E-state index in [0.717, 1.165) is 11.6 Å². The first kappa shape index (κ1) is 16.4. The Bertz CT molecular complexity index is 962. The van der Waals surface area contributed by atoms with Crippen LogP contribution >= 0.6 is 0 Å². The quantitative estimate of drug-likeness (QED) is 0.722. The van der Waals surface area contributed by atoms with Crippen LogP contribution in [-0.2, 0) is 16.1 Å². The van der Waals surface area contributed by atoms with Crippen LogP contribution in [0.5, 0.6) is 0 Å². The van der Waals surface area contributed by atoms with Gasteiger partial charge in [-0.3, -0.25) is 14.4 Å². The Labute approximate surface area is 143 Å². The molecule has 0 fully saturated rings. The second-order valence-corrected chi connectivity index (χ2v) is 5.30. The number of benzene rings is 2. The van der Waals surface area contributed by atoms with Gasteiger partial charge in [0, 0.05) is 6.07 Å². The van der Waals surface area contributed by atoms with Crippen molar-refractivity contribution in [3.05, 3.63) is 82.2 Å². The fraction of sp³-hybridized carbons (Fsp3) is 0.105. The standard InChI is InChI=1S/C19H15NO5/c21-15-10-17(25-16-9-5-4-8-14(15)16)19(23)20-11-18(22)24-12-13-6-2-1-3-7-13/h1-10H,11-12H2,(H,20,23). The molecule has 0 saturated heterocycles. The smallest absolute Gasteiger partial charge is 0.325 e. The predicted molar refractivity (Wildman–Crippen MR) is 91.1 cm³/mol. The number of carbonyl (C=O) groups excluding carboxylic acids is 2. The number of ether oxygens (including phenoxy) is 1. The van der Waals surface area contributed by atoms with E-state index >= 15 is 0 Å². The summed E-state index contributed by atoms with van der Waals surface area (Å²) in [5.41, 5.74) is 0.841. The number of amides is 1. The van der Waals surface area contributed by atoms with Crippen molar-refractivity contribution in [2.75, 3.05) is 6.54 Å². The molecular weight excluding hydrogens is 322 g/mol. The molecule has 6 heteroatoms. The van der Waals surface area contributed by atoms with E-state index in [1.54, 1.807) is 24.3 Å². The molecule has 6 nitrogen and oxygen atoms in total. The van der Waals surface area contributed by atoms with Gasteiger partial charge >= 0.3 is 5.97 Å². The fourth-order valence-corrected chi connectivity index (χ4v) is 2.24. The third kappa shape index (κ3) is 4.11. The summed E-state index contributed by atoms with van der Waals surface area (Å²) in [5.74, 6) is -1.39. The number of para-hydroxylation sites is 1. The first-order chi connectivity index (χ1) is 12.1. The van der Waals surface area contributed by atoms with Crippen LogP contribution in [0.4, 0.5) is 0 Å². The molecule has 0 aliphatic rings. The minimum absolute atomic E-state index is 0.126. The highest BCUT2D eigenvalue weighted by molar-refractivity contribution is 5.94. The zero-order valence-electron chi connectivity index (χ0n) is 13.2. The number of hydrogen-bond donors (Lipinski definition) is 1. The van der Waals surface area contributed by atoms with Crippen molar-refractivity contribution in [1.82, 2.24) is 5.32 Å². The van der Waals surface area contributed by atoms with Crippen LogP contribution in [0.2, 0.25) is 0 Å². The Balaban J connectivity index is 1.59. The number of fused-ring (bicyclic) bond motifs is 1. The topological polar surface area (TPSA) is 85.6 Å². The zero-order chi connectivity index (χ0) is 17.6. The summed E-state index contributed by atoms with van der Waals surface area (Å²) < 4.78 is 10.5. The maximum absolute atomic E-state index is 12.1. The van der Waals surface area contributed by atoms with E-state index < -0.39 is 11.9 Å². The number of hydrogen-bond acceptors (Lipinski definition) is 5. The van der Waals surface area contributed by atoms with E-state index in [4.69, 9.17) is 9.15 Å². The van der Waals surface area contributed by atoms with Crippen molar-refractivity contribution >= 4 is 22.8 Å². The first-order valence-electron chi connectivity index (χ1n) is 7.64. The highest BCUT2D eigenvalue weighted by Gasteiger charge is 2.13. The Morgan fingerprint density at radius 1 is 1.00 bits per heavy atom. The molecule has 0 saturated carbocycles. The van der Waals surface area contributed by atoms with Gasteiger partial charge in [0.25, 0.3) is 5.91 Å². The SMILES string of the molecule is O=C(CNC(=O)c1cc(=O)c2ccccc2o1)OCc1ccccc1. The van der Waals surface area contributed by atoms with Crippen LogP contribution in [0.25, 0.3) is 11.0 Å². The summed E-state index contributed by atoms with van der Waals surface area (Å²) in [6.45, 7) is -0.192. The predicted octanol–water partition coefficient (Wildman–Crippen LogP) is 2.27. The van der Waals surface area contributed by atoms with Crippen molar-refractivity contribution in [3.63, 3.8) is 0 Å². The van der Waals surface area contributed by atoms with Crippen LogP contribution in [-0.4, -0.2) is 18.4 Å². The molecule has 1 aromatic heterocycles. The highest BCUT2D eigenvalue weighted by Crippen LogP contribution is 2.11. The van der Waals surface area contributed by atoms with Crippen molar-refractivity contribution in [1.29, 1.82) is 0 Å². The summed E-state index contributed by atoms with van der Waals surface area (Å²) >= 11 is 0. The van der Waals surface area contributed by atoms with Crippen molar-refractivity contribution in [3.8, 4) is 0 Å². The van der Waals surface area contributed by atoms with E-state index in [2.05, 4.69) is 5.32 Å². The molecule has 0 aliphatic heterocycles. The van der Waals surface area contributed by atoms with Gasteiger partial charge in [-0.15, -0.1) is 0 Å². The summed E-state index contributed by atoms with van der Waals surface area (Å²) in [6, 6.07) is 16.9. The third-order valence-electron chi connectivity index (χ3n) is 3.49. The molecule has 2 aromatic carbocycles. The van der Waals surface area contributed by atoms with Crippen LogP contribution in [0.3, 0.4) is 0 Å². The van der Waals surface area contributed by atoms with Crippen LogP contribution in [0.15, 0.2) is 69.9 Å². The third-order valence-corrected chi connectivity index (χ3v) is 3.49. The van der Waals surface area contributed by atoms with E-state index in [-0.39, 0.29) is 24.3 Å². The Morgan fingerprint density at radius 2 is 1.72 bits per heavy atom. The molecule has 3 aromatic rings. The molecule has 0 spiro atoms. The van der Waals surface area contributed by atoms with Gasteiger partial charge in [-0.1, -0.05) is 42.5 Å². The number of esters is 1. The monoisotopic (exact) mass is 337 g/mol. The molecule has 25 heavy (non-hydrogen) atoms. The lowest BCUT2D eigenvalue weighted by molar-refractivity contribution is -0.143. The molecule has 1 heterocycles. The van der Waals surface area contributed by atoms with Gasteiger partial charge in [0.15, 0.2) is 11.2 Å². The summed E-state index contributed by atoms with van der Waals surface area (Å²) in [7, 11) is 0. The largest absolute Gasteiger partial charge is 0.460 e. The van der Waals surface area contributed by atoms with Crippen molar-refractivity contribution < 1.29 is 18.7 Å². The van der Waals surface area contributed by atoms with Crippen LogP contribution in [0, 0.1) is 0 Å². The van der Waals surface area contributed by atoms with Gasteiger partial charge in [-0.2, -0.15) is 0 Å². The van der Waals surface area contributed by atoms with E-state index in [1.165, 1.54) is 0 Å². The maximum atomic E-state index is 12.1. The normalized spacial score (nSPS) is 10.4. The first-order valence-corrected chi connectivity index (χ1v) is 7.64. The minimum Gasteiger partial charge on any atom is -0.460 e. The average molecular weight is 337 g/mol. The van der Waals surface area contributed by atoms with Gasteiger partial charge in [-0.05, 0) is 17.7 Å². The molecule has 126 valence electrons. The number of nitrogens with one attached hydrogen (secondary N) is 1. The zero-order valence-corrected chi connectivity index (χ0v) is 13.2. The van der Waals surface area contributed by atoms with Gasteiger partial charge in [0.1, 0.15) is 18.7 Å². The molecule has 1 N–H and O–H groups in total. The van der Waals surface area contributed by atoms with Gasteiger partial charge in [-0.25, -0.2) is 0 Å². The lowest BCUT2D eigenvalue weighted by Gasteiger charge is -2.06. The molecule has 3 rings (SSSR count). The molecule has 0 unspecified atom stereocenters. The van der Waals surface area contributed by atoms with E-state index in [0.29, 0.717) is 11.0 Å². The summed E-state index contributed by atoms with van der Waals surface area (Å²) in [6.07, 6.45) is 0. The van der Waals surface area contributed by atoms with Crippen LogP contribution < -0.4 is 10.7 Å². The molecule has 0 bridgehead atoms. The van der Waals surface area contributed by atoms with Gasteiger partial charge in [0.2, 0.25) is 0 Å². The summed E-state index contributed by atoms with van der Waals surface area (Å²) in [4.78, 5) is 35.7. The molecule has 1 amide bonds. The molecule has 0 aliphatic carbocycles. The second kappa shape index (κ2) is 7.44. The molecular formula is C19H15NO5. The summed E-state index contributed by atoms with van der Waals surface area (Å²) in [5, 5.41) is 2.77. The minimum atomic E-state index is -0.653.